The summed E-state index contributed by atoms with van der Waals surface area (Å²) in [6, 6.07) is 0.399. The summed E-state index contributed by atoms with van der Waals surface area (Å²) in [4.78, 5) is 28.7. The van der Waals surface area contributed by atoms with Crippen LogP contribution in [0.5, 0.6) is 0 Å². The largest absolute Gasteiger partial charge is 0.339 e. The van der Waals surface area contributed by atoms with Gasteiger partial charge in [-0.15, -0.1) is 0 Å². The van der Waals surface area contributed by atoms with Crippen molar-refractivity contribution in [2.24, 2.45) is 5.92 Å². The van der Waals surface area contributed by atoms with E-state index in [4.69, 9.17) is 0 Å². The molecule has 0 spiro atoms. The van der Waals surface area contributed by atoms with Gasteiger partial charge in [0.1, 0.15) is 0 Å². The SMILES string of the molecule is O=C(CC1CCCCC1)N1CCN(C(=O)NC2CCSCC2)CC1. The number of carbonyl (C=O) groups is 2. The normalized spacial score (nSPS) is 24.0. The molecule has 3 fully saturated rings. The number of thioether (sulfide) groups is 1. The number of urea groups is 1. The number of piperazine rings is 1. The van der Waals surface area contributed by atoms with Gasteiger partial charge in [0, 0.05) is 38.6 Å². The molecule has 5 nitrogen and oxygen atoms in total. The zero-order chi connectivity index (χ0) is 16.8. The van der Waals surface area contributed by atoms with E-state index >= 15 is 0 Å². The maximum Gasteiger partial charge on any atom is 0.317 e. The smallest absolute Gasteiger partial charge is 0.317 e. The van der Waals surface area contributed by atoms with E-state index in [1.807, 2.05) is 21.6 Å². The molecule has 1 aliphatic carbocycles. The molecule has 3 rings (SSSR count). The highest BCUT2D eigenvalue weighted by Crippen LogP contribution is 2.27. The quantitative estimate of drug-likeness (QED) is 0.849. The number of amides is 3. The number of nitrogens with one attached hydrogen (secondary N) is 1. The Balaban J connectivity index is 1.38. The number of rotatable bonds is 3. The van der Waals surface area contributed by atoms with Crippen LogP contribution in [0.4, 0.5) is 4.79 Å². The predicted molar refractivity (Wildman–Crippen MR) is 98.2 cm³/mol. The van der Waals surface area contributed by atoms with Gasteiger partial charge < -0.3 is 15.1 Å². The van der Waals surface area contributed by atoms with E-state index in [0.717, 1.165) is 24.3 Å². The first-order valence-corrected chi connectivity index (χ1v) is 10.8. The maximum absolute atomic E-state index is 12.5. The minimum absolute atomic E-state index is 0.0614. The Kier molecular flexibility index (Phi) is 6.69. The third-order valence-corrected chi connectivity index (χ3v) is 6.71. The molecule has 1 saturated carbocycles. The van der Waals surface area contributed by atoms with Gasteiger partial charge >= 0.3 is 6.03 Å². The highest BCUT2D eigenvalue weighted by molar-refractivity contribution is 7.99. The highest BCUT2D eigenvalue weighted by atomic mass is 32.2. The molecular formula is C18H31N3O2S. The Morgan fingerprint density at radius 2 is 1.50 bits per heavy atom. The standard InChI is InChI=1S/C18H31N3O2S/c22-17(14-15-4-2-1-3-5-15)20-8-10-21(11-9-20)18(23)19-16-6-12-24-13-7-16/h15-16H,1-14H2,(H,19,23). The Morgan fingerprint density at radius 1 is 0.875 bits per heavy atom. The Hall–Kier alpha value is -0.910. The zero-order valence-corrected chi connectivity index (χ0v) is 15.5. The molecule has 3 aliphatic rings. The van der Waals surface area contributed by atoms with Gasteiger partial charge in [-0.1, -0.05) is 19.3 Å². The minimum Gasteiger partial charge on any atom is -0.339 e. The molecule has 0 radical (unpaired) electrons. The number of hydrogen-bond acceptors (Lipinski definition) is 3. The molecule has 2 heterocycles. The molecule has 0 aromatic heterocycles. The van der Waals surface area contributed by atoms with Crippen LogP contribution in [-0.4, -0.2) is 65.5 Å². The highest BCUT2D eigenvalue weighted by Gasteiger charge is 2.27. The zero-order valence-electron chi connectivity index (χ0n) is 14.7. The number of nitrogens with zero attached hydrogens (tertiary/aromatic N) is 2. The van der Waals surface area contributed by atoms with Crippen LogP contribution >= 0.6 is 11.8 Å². The molecule has 2 saturated heterocycles. The monoisotopic (exact) mass is 353 g/mol. The fraction of sp³-hybridized carbons (Fsp3) is 0.889. The summed E-state index contributed by atoms with van der Waals surface area (Å²) in [7, 11) is 0. The van der Waals surface area contributed by atoms with E-state index in [0.29, 0.717) is 50.5 Å². The fourth-order valence-corrected chi connectivity index (χ4v) is 5.14. The molecular weight excluding hydrogens is 322 g/mol. The lowest BCUT2D eigenvalue weighted by Crippen LogP contribution is -2.55. The molecule has 3 amide bonds. The minimum atomic E-state index is 0.0614. The molecule has 0 aromatic rings. The van der Waals surface area contributed by atoms with Gasteiger partial charge in [0.2, 0.25) is 5.91 Å². The topological polar surface area (TPSA) is 52.7 Å². The van der Waals surface area contributed by atoms with Gasteiger partial charge in [-0.3, -0.25) is 4.79 Å². The second-order valence-electron chi connectivity index (χ2n) is 7.41. The first-order chi connectivity index (χ1) is 11.7. The van der Waals surface area contributed by atoms with E-state index in [2.05, 4.69) is 5.32 Å². The Morgan fingerprint density at radius 3 is 2.17 bits per heavy atom. The van der Waals surface area contributed by atoms with Gasteiger partial charge in [-0.05, 0) is 43.1 Å². The molecule has 0 aromatic carbocycles. The third kappa shape index (κ3) is 5.04. The van der Waals surface area contributed by atoms with Crippen molar-refractivity contribution in [3.05, 3.63) is 0 Å². The molecule has 0 bridgehead atoms. The van der Waals surface area contributed by atoms with Crippen molar-refractivity contribution >= 4 is 23.7 Å². The molecule has 24 heavy (non-hydrogen) atoms. The number of hydrogen-bond donors (Lipinski definition) is 1. The molecule has 6 heteroatoms. The summed E-state index contributed by atoms with van der Waals surface area (Å²) in [6.45, 7) is 2.73. The third-order valence-electron chi connectivity index (χ3n) is 5.66. The lowest BCUT2D eigenvalue weighted by molar-refractivity contribution is -0.133. The van der Waals surface area contributed by atoms with Crippen molar-refractivity contribution < 1.29 is 9.59 Å². The van der Waals surface area contributed by atoms with Gasteiger partial charge in [-0.2, -0.15) is 11.8 Å². The summed E-state index contributed by atoms with van der Waals surface area (Å²) >= 11 is 1.97. The molecule has 0 unspecified atom stereocenters. The Labute approximate surface area is 149 Å². The van der Waals surface area contributed by atoms with Gasteiger partial charge in [0.15, 0.2) is 0 Å². The van der Waals surface area contributed by atoms with Gasteiger partial charge in [0.05, 0.1) is 0 Å². The lowest BCUT2D eigenvalue weighted by Gasteiger charge is -2.36. The second kappa shape index (κ2) is 8.97. The average molecular weight is 354 g/mol. The average Bonchev–Trinajstić information content (AvgIpc) is 2.63. The van der Waals surface area contributed by atoms with Crippen LogP contribution in [0.25, 0.3) is 0 Å². The van der Waals surface area contributed by atoms with E-state index in [1.54, 1.807) is 0 Å². The summed E-state index contributed by atoms with van der Waals surface area (Å²) < 4.78 is 0. The van der Waals surface area contributed by atoms with Gasteiger partial charge in [-0.25, -0.2) is 4.79 Å². The van der Waals surface area contributed by atoms with Crippen LogP contribution in [0.2, 0.25) is 0 Å². The van der Waals surface area contributed by atoms with Crippen LogP contribution in [-0.2, 0) is 4.79 Å². The van der Waals surface area contributed by atoms with Crippen LogP contribution in [0.3, 0.4) is 0 Å². The van der Waals surface area contributed by atoms with Gasteiger partial charge in [0.25, 0.3) is 0 Å². The lowest BCUT2D eigenvalue weighted by atomic mass is 9.86. The first-order valence-electron chi connectivity index (χ1n) is 9.63. The summed E-state index contributed by atoms with van der Waals surface area (Å²) in [5.41, 5.74) is 0. The molecule has 0 atom stereocenters. The maximum atomic E-state index is 12.5. The van der Waals surface area contributed by atoms with E-state index in [9.17, 15) is 9.59 Å². The van der Waals surface area contributed by atoms with E-state index < -0.39 is 0 Å². The van der Waals surface area contributed by atoms with Crippen LogP contribution in [0.15, 0.2) is 0 Å². The van der Waals surface area contributed by atoms with Crippen molar-refractivity contribution in [2.45, 2.75) is 57.4 Å². The molecule has 136 valence electrons. The summed E-state index contributed by atoms with van der Waals surface area (Å²) in [5, 5.41) is 3.17. The second-order valence-corrected chi connectivity index (χ2v) is 8.64. The van der Waals surface area contributed by atoms with Crippen molar-refractivity contribution in [3.63, 3.8) is 0 Å². The van der Waals surface area contributed by atoms with E-state index in [1.165, 1.54) is 32.1 Å². The van der Waals surface area contributed by atoms with Crippen molar-refractivity contribution in [1.82, 2.24) is 15.1 Å². The van der Waals surface area contributed by atoms with Crippen molar-refractivity contribution in [1.29, 1.82) is 0 Å². The van der Waals surface area contributed by atoms with Crippen molar-refractivity contribution in [2.75, 3.05) is 37.7 Å². The summed E-state index contributed by atoms with van der Waals surface area (Å²) in [6.07, 6.45) is 9.20. The molecule has 1 N–H and O–H groups in total. The predicted octanol–water partition coefficient (Wildman–Crippen LogP) is 2.71. The fourth-order valence-electron chi connectivity index (χ4n) is 4.03. The summed E-state index contributed by atoms with van der Waals surface area (Å²) in [5.74, 6) is 3.19. The van der Waals surface area contributed by atoms with E-state index in [-0.39, 0.29) is 6.03 Å². The molecule has 2 aliphatic heterocycles. The number of carbonyl (C=O) groups excluding carboxylic acids is 2. The Bertz CT molecular complexity index is 386. The first kappa shape index (κ1) is 17.9. The van der Waals surface area contributed by atoms with Crippen molar-refractivity contribution in [3.8, 4) is 0 Å². The van der Waals surface area contributed by atoms with Crippen LogP contribution in [0, 0.1) is 5.92 Å². The van der Waals surface area contributed by atoms with Crippen LogP contribution in [0.1, 0.15) is 51.4 Å². The van der Waals surface area contributed by atoms with Crippen LogP contribution < -0.4 is 5.32 Å².